The van der Waals surface area contributed by atoms with Crippen LogP contribution < -0.4 is 9.47 Å². The van der Waals surface area contributed by atoms with Crippen LogP contribution in [0.4, 0.5) is 0 Å². The summed E-state index contributed by atoms with van der Waals surface area (Å²) in [6, 6.07) is 5.72. The van der Waals surface area contributed by atoms with Crippen LogP contribution in [0, 0.1) is 40.4 Å². The smallest absolute Gasteiger partial charge is 0.192 e. The van der Waals surface area contributed by atoms with Crippen LogP contribution in [0.5, 0.6) is 11.5 Å². The van der Waals surface area contributed by atoms with Crippen molar-refractivity contribution < 1.29 is 34.1 Å². The van der Waals surface area contributed by atoms with Gasteiger partial charge in [-0.15, -0.1) is 0 Å². The Morgan fingerprint density at radius 1 is 1.18 bits per heavy atom. The first-order chi connectivity index (χ1) is 19.0. The van der Waals surface area contributed by atoms with E-state index in [0.29, 0.717) is 37.4 Å². The van der Waals surface area contributed by atoms with E-state index in [1.54, 1.807) is 14.2 Å². The molecule has 1 saturated heterocycles. The largest absolute Gasteiger partial charge is 0.493 e. The number of allylic oxidation sites excluding steroid dienone is 1. The highest BCUT2D eigenvalue weighted by Crippen LogP contribution is 2.70. The highest BCUT2D eigenvalue weighted by atomic mass is 16.7. The quantitative estimate of drug-likeness (QED) is 0.441. The first kappa shape index (κ1) is 29.2. The van der Waals surface area contributed by atoms with Gasteiger partial charge in [-0.2, -0.15) is 5.06 Å². The molecule has 1 aromatic carbocycles. The molecule has 0 bridgehead atoms. The standard InChI is InChI=1S/C32H45NO7/c1-7-22(35)13-20-9-10-23-24-14-21-17-33(16-19-8-11-26(38-5)27(12-19)39-6)40-32(21,28(37)18-34)31(24,4)15-25(36)29(23)30(20,2)3/h7-8,11-12,20-21,23-25,29,34,36H,1,9-10,13-18H2,2-6H3/t20-,21-,23-,24-,25-,29+,31-,32-/m0/s1. The second-order valence-electron chi connectivity index (χ2n) is 13.3. The molecule has 0 aromatic heterocycles. The van der Waals surface area contributed by atoms with Crippen molar-refractivity contribution in [1.29, 1.82) is 0 Å². The van der Waals surface area contributed by atoms with E-state index in [4.69, 9.17) is 14.3 Å². The average Bonchev–Trinajstić information content (AvgIpc) is 3.40. The molecule has 0 unspecified atom stereocenters. The van der Waals surface area contributed by atoms with Crippen molar-refractivity contribution in [3.8, 4) is 11.5 Å². The van der Waals surface area contributed by atoms with E-state index in [1.165, 1.54) is 6.08 Å². The van der Waals surface area contributed by atoms with Crippen LogP contribution in [0.25, 0.3) is 0 Å². The predicted molar refractivity (Wildman–Crippen MR) is 149 cm³/mol. The molecule has 1 aliphatic heterocycles. The van der Waals surface area contributed by atoms with E-state index in [0.717, 1.165) is 24.8 Å². The van der Waals surface area contributed by atoms with Gasteiger partial charge in [-0.1, -0.05) is 33.4 Å². The van der Waals surface area contributed by atoms with Crippen LogP contribution in [0.3, 0.4) is 0 Å². The Balaban J connectivity index is 1.43. The third-order valence-corrected chi connectivity index (χ3v) is 11.3. The van der Waals surface area contributed by atoms with Gasteiger partial charge in [0.1, 0.15) is 6.61 Å². The van der Waals surface area contributed by atoms with Crippen molar-refractivity contribution in [2.75, 3.05) is 27.4 Å². The molecule has 8 nitrogen and oxygen atoms in total. The third-order valence-electron chi connectivity index (χ3n) is 11.3. The number of aliphatic hydroxyl groups excluding tert-OH is 2. The van der Waals surface area contributed by atoms with Crippen LogP contribution in [0.15, 0.2) is 30.9 Å². The van der Waals surface area contributed by atoms with Gasteiger partial charge in [0.05, 0.1) is 20.3 Å². The van der Waals surface area contributed by atoms with Gasteiger partial charge in [0.25, 0.3) is 0 Å². The van der Waals surface area contributed by atoms with Crippen molar-refractivity contribution >= 4 is 11.6 Å². The number of methoxy groups -OCH3 is 2. The Morgan fingerprint density at radius 3 is 2.55 bits per heavy atom. The van der Waals surface area contributed by atoms with Crippen molar-refractivity contribution in [2.45, 2.75) is 71.1 Å². The summed E-state index contributed by atoms with van der Waals surface area (Å²) in [5.41, 5.74) is -1.07. The number of rotatable bonds is 9. The summed E-state index contributed by atoms with van der Waals surface area (Å²) >= 11 is 0. The lowest BCUT2D eigenvalue weighted by molar-refractivity contribution is -0.258. The number of carbonyl (C=O) groups is 2. The van der Waals surface area contributed by atoms with Gasteiger partial charge in [0.15, 0.2) is 28.7 Å². The Bertz CT molecular complexity index is 1170. The molecular weight excluding hydrogens is 510 g/mol. The topological polar surface area (TPSA) is 106 Å². The number of nitrogens with zero attached hydrogens (tertiary/aromatic N) is 1. The number of carbonyl (C=O) groups excluding carboxylic acids is 2. The van der Waals surface area contributed by atoms with E-state index in [9.17, 15) is 19.8 Å². The second-order valence-corrected chi connectivity index (χ2v) is 13.3. The minimum Gasteiger partial charge on any atom is -0.493 e. The lowest BCUT2D eigenvalue weighted by Gasteiger charge is -2.60. The Kier molecular flexibility index (Phi) is 7.70. The van der Waals surface area contributed by atoms with E-state index in [1.807, 2.05) is 23.3 Å². The predicted octanol–water partition coefficient (Wildman–Crippen LogP) is 3.97. The summed E-state index contributed by atoms with van der Waals surface area (Å²) in [6.07, 6.45) is 4.29. The lowest BCUT2D eigenvalue weighted by Crippen LogP contribution is -2.63. The number of aliphatic hydroxyl groups is 2. The van der Waals surface area contributed by atoms with Crippen LogP contribution >= 0.6 is 0 Å². The van der Waals surface area contributed by atoms with E-state index in [2.05, 4.69) is 27.4 Å². The van der Waals surface area contributed by atoms with Crippen LogP contribution in [-0.2, 0) is 21.0 Å². The maximum absolute atomic E-state index is 13.7. The highest BCUT2D eigenvalue weighted by Gasteiger charge is 2.75. The zero-order valence-corrected chi connectivity index (χ0v) is 24.5. The molecule has 5 rings (SSSR count). The number of benzene rings is 1. The van der Waals surface area contributed by atoms with Crippen LogP contribution in [-0.4, -0.2) is 65.9 Å². The number of fused-ring (bicyclic) bond motifs is 5. The maximum Gasteiger partial charge on any atom is 0.192 e. The monoisotopic (exact) mass is 555 g/mol. The molecule has 0 radical (unpaired) electrons. The van der Waals surface area contributed by atoms with Gasteiger partial charge in [-0.05, 0) is 78.5 Å². The molecule has 8 heteroatoms. The molecule has 40 heavy (non-hydrogen) atoms. The van der Waals surface area contributed by atoms with E-state index in [-0.39, 0.29) is 46.6 Å². The Labute approximate surface area is 237 Å². The molecule has 3 saturated carbocycles. The zero-order valence-electron chi connectivity index (χ0n) is 24.5. The average molecular weight is 556 g/mol. The maximum atomic E-state index is 13.7. The summed E-state index contributed by atoms with van der Waals surface area (Å²) in [5.74, 6) is 1.55. The number of hydrogen-bond acceptors (Lipinski definition) is 8. The third kappa shape index (κ3) is 4.25. The minimum atomic E-state index is -1.19. The Morgan fingerprint density at radius 2 is 1.90 bits per heavy atom. The molecular formula is C32H45NO7. The summed E-state index contributed by atoms with van der Waals surface area (Å²) in [4.78, 5) is 32.7. The first-order valence-corrected chi connectivity index (χ1v) is 14.6. The fourth-order valence-corrected chi connectivity index (χ4v) is 9.54. The molecule has 8 atom stereocenters. The summed E-state index contributed by atoms with van der Waals surface area (Å²) in [7, 11) is 3.20. The number of Topliss-reactive ketones (excluding diaryl/α,β-unsaturated/α-hetero) is 1. The molecule has 0 spiro atoms. The molecule has 1 aromatic rings. The van der Waals surface area contributed by atoms with Crippen molar-refractivity contribution in [2.24, 2.45) is 40.4 Å². The molecule has 1 heterocycles. The first-order valence-electron chi connectivity index (χ1n) is 14.6. The highest BCUT2D eigenvalue weighted by molar-refractivity contribution is 5.91. The van der Waals surface area contributed by atoms with Gasteiger partial charge in [-0.3, -0.25) is 14.4 Å². The zero-order chi connectivity index (χ0) is 29.0. The summed E-state index contributed by atoms with van der Waals surface area (Å²) in [6.45, 7) is 10.6. The fraction of sp³-hybridized carbons (Fsp3) is 0.688. The number of ether oxygens (including phenoxy) is 2. The van der Waals surface area contributed by atoms with Crippen molar-refractivity contribution in [3.05, 3.63) is 36.4 Å². The normalized spacial score (nSPS) is 38.2. The Hall–Kier alpha value is -2.26. The van der Waals surface area contributed by atoms with Crippen LogP contribution in [0.2, 0.25) is 0 Å². The van der Waals surface area contributed by atoms with Gasteiger partial charge in [-0.25, -0.2) is 0 Å². The molecule has 3 aliphatic carbocycles. The summed E-state index contributed by atoms with van der Waals surface area (Å²) < 4.78 is 10.8. The molecule has 4 aliphatic rings. The second kappa shape index (κ2) is 10.5. The van der Waals surface area contributed by atoms with E-state index >= 15 is 0 Å². The lowest BCUT2D eigenvalue weighted by atomic mass is 9.45. The minimum absolute atomic E-state index is 0.0323. The molecule has 2 N–H and O–H groups in total. The molecule has 4 fully saturated rings. The van der Waals surface area contributed by atoms with Gasteiger partial charge >= 0.3 is 0 Å². The van der Waals surface area contributed by atoms with Crippen LogP contribution in [0.1, 0.15) is 58.4 Å². The number of hydrogen-bond donors (Lipinski definition) is 2. The van der Waals surface area contributed by atoms with Gasteiger partial charge < -0.3 is 19.7 Å². The number of hydroxylamine groups is 2. The molecule has 0 amide bonds. The SMILES string of the molecule is C=CC(=O)C[C@@H]1CC[C@@H]2[C@H]([C@@H](O)C[C@@]3(C)[C@H]2C[C@H]2CN(Cc4ccc(OC)c(OC)c4)O[C@]23C(=O)CO)C1(C)C. The fourth-order valence-electron chi connectivity index (χ4n) is 9.54. The van der Waals surface area contributed by atoms with E-state index < -0.39 is 23.7 Å². The van der Waals surface area contributed by atoms with Gasteiger partial charge in [0, 0.05) is 30.8 Å². The number of ketones is 2. The van der Waals surface area contributed by atoms with Crippen molar-refractivity contribution in [3.63, 3.8) is 0 Å². The van der Waals surface area contributed by atoms with Gasteiger partial charge in [0.2, 0.25) is 0 Å². The van der Waals surface area contributed by atoms with Crippen molar-refractivity contribution in [1.82, 2.24) is 5.06 Å². The molecule has 220 valence electrons. The summed E-state index contributed by atoms with van der Waals surface area (Å²) in [5, 5.41) is 23.8.